The van der Waals surface area contributed by atoms with Gasteiger partial charge in [0.25, 0.3) is 0 Å². The normalized spacial score (nSPS) is 20.7. The second-order valence-electron chi connectivity index (χ2n) is 6.28. The first-order chi connectivity index (χ1) is 11.8. The zero-order valence-electron chi connectivity index (χ0n) is 14.3. The van der Waals surface area contributed by atoms with Gasteiger partial charge in [0.05, 0.1) is 12.6 Å². The van der Waals surface area contributed by atoms with Crippen molar-refractivity contribution in [3.05, 3.63) is 33.8 Å². The lowest BCUT2D eigenvalue weighted by Crippen LogP contribution is -2.56. The Hall–Kier alpha value is -1.50. The number of hydrogen-bond acceptors (Lipinski definition) is 3. The van der Waals surface area contributed by atoms with E-state index in [1.165, 1.54) is 0 Å². The lowest BCUT2D eigenvalue weighted by Gasteiger charge is -2.42. The Bertz CT molecular complexity index is 636. The smallest absolute Gasteiger partial charge is 0.317 e. The fourth-order valence-electron chi connectivity index (χ4n) is 3.02. The minimum absolute atomic E-state index is 0.0321. The first kappa shape index (κ1) is 19.8. The van der Waals surface area contributed by atoms with Crippen molar-refractivity contribution in [3.63, 3.8) is 0 Å². The summed E-state index contributed by atoms with van der Waals surface area (Å²) in [5.41, 5.74) is 0.759. The second kappa shape index (κ2) is 8.74. The molecule has 25 heavy (non-hydrogen) atoms. The molecule has 1 aromatic carbocycles. The number of urea groups is 1. The van der Waals surface area contributed by atoms with E-state index in [4.69, 9.17) is 28.3 Å². The molecule has 0 heterocycles. The number of carbonyl (C=O) groups is 2. The van der Waals surface area contributed by atoms with Crippen LogP contribution in [0.15, 0.2) is 18.2 Å². The molecule has 1 fully saturated rings. The molecule has 1 unspecified atom stereocenters. The van der Waals surface area contributed by atoms with Crippen LogP contribution >= 0.6 is 23.2 Å². The van der Waals surface area contributed by atoms with Crippen molar-refractivity contribution in [3.8, 4) is 0 Å². The summed E-state index contributed by atoms with van der Waals surface area (Å²) in [5, 5.41) is 15.8. The standard InChI is InChI=1S/C17H23Cl2N3O3/c1-3-22(9-16(23)24)13-7-12(8-13)21-17(25)20-10(2)14-6-11(18)4-5-15(14)19/h4-6,10,12-13H,3,7-9H2,1-2H3,(H,23,24)(H2,20,21,25). The zero-order chi connectivity index (χ0) is 18.6. The van der Waals surface area contributed by atoms with Crippen molar-refractivity contribution < 1.29 is 14.7 Å². The lowest BCUT2D eigenvalue weighted by molar-refractivity contribution is -0.139. The van der Waals surface area contributed by atoms with Crippen LogP contribution in [-0.2, 0) is 4.79 Å². The van der Waals surface area contributed by atoms with E-state index in [0.717, 1.165) is 18.4 Å². The molecule has 0 radical (unpaired) electrons. The largest absolute Gasteiger partial charge is 0.480 e. The van der Waals surface area contributed by atoms with Crippen LogP contribution in [0.4, 0.5) is 4.79 Å². The van der Waals surface area contributed by atoms with E-state index in [0.29, 0.717) is 16.6 Å². The Balaban J connectivity index is 1.80. The number of rotatable bonds is 7. The summed E-state index contributed by atoms with van der Waals surface area (Å²) >= 11 is 12.1. The molecule has 1 aliphatic carbocycles. The molecule has 1 aromatic rings. The van der Waals surface area contributed by atoms with E-state index in [9.17, 15) is 9.59 Å². The van der Waals surface area contributed by atoms with Gasteiger partial charge in [-0.25, -0.2) is 4.79 Å². The van der Waals surface area contributed by atoms with Crippen LogP contribution in [0.25, 0.3) is 0 Å². The summed E-state index contributed by atoms with van der Waals surface area (Å²) in [5.74, 6) is -0.830. The maximum Gasteiger partial charge on any atom is 0.317 e. The van der Waals surface area contributed by atoms with Gasteiger partial charge in [-0.3, -0.25) is 9.69 Å². The predicted octanol–water partition coefficient (Wildman–Crippen LogP) is 3.29. The Labute approximate surface area is 157 Å². The van der Waals surface area contributed by atoms with Crippen molar-refractivity contribution in [1.29, 1.82) is 0 Å². The molecule has 138 valence electrons. The number of carboxylic acid groups (broad SMARTS) is 1. The molecule has 2 amide bonds. The van der Waals surface area contributed by atoms with Crippen LogP contribution in [0.3, 0.4) is 0 Å². The average molecular weight is 388 g/mol. The Morgan fingerprint density at radius 3 is 2.64 bits per heavy atom. The first-order valence-corrected chi connectivity index (χ1v) is 9.03. The minimum Gasteiger partial charge on any atom is -0.480 e. The van der Waals surface area contributed by atoms with Crippen molar-refractivity contribution in [2.24, 2.45) is 0 Å². The summed E-state index contributed by atoms with van der Waals surface area (Å²) in [6, 6.07) is 4.84. The predicted molar refractivity (Wildman–Crippen MR) is 98.2 cm³/mol. The highest BCUT2D eigenvalue weighted by atomic mass is 35.5. The Morgan fingerprint density at radius 2 is 2.04 bits per heavy atom. The number of amides is 2. The Kier molecular flexibility index (Phi) is 6.93. The molecule has 0 aliphatic heterocycles. The SMILES string of the molecule is CCN(CC(=O)O)C1CC(NC(=O)NC(C)c2cc(Cl)ccc2Cl)C1. The molecule has 1 saturated carbocycles. The molecular weight excluding hydrogens is 365 g/mol. The van der Waals surface area contributed by atoms with Crippen LogP contribution in [0.2, 0.25) is 10.0 Å². The molecule has 3 N–H and O–H groups in total. The van der Waals surface area contributed by atoms with Crippen LogP contribution in [0, 0.1) is 0 Å². The maximum absolute atomic E-state index is 12.1. The molecule has 2 rings (SSSR count). The molecule has 0 saturated heterocycles. The maximum atomic E-state index is 12.1. The van der Waals surface area contributed by atoms with Crippen LogP contribution in [0.5, 0.6) is 0 Å². The zero-order valence-corrected chi connectivity index (χ0v) is 15.8. The van der Waals surface area contributed by atoms with E-state index in [2.05, 4.69) is 10.6 Å². The van der Waals surface area contributed by atoms with Crippen LogP contribution < -0.4 is 10.6 Å². The third kappa shape index (κ3) is 5.49. The highest BCUT2D eigenvalue weighted by molar-refractivity contribution is 6.33. The summed E-state index contributed by atoms with van der Waals surface area (Å²) in [6.45, 7) is 4.49. The number of carboxylic acids is 1. The van der Waals surface area contributed by atoms with Gasteiger partial charge in [0.15, 0.2) is 0 Å². The van der Waals surface area contributed by atoms with Gasteiger partial charge in [0.2, 0.25) is 0 Å². The highest BCUT2D eigenvalue weighted by Gasteiger charge is 2.34. The molecule has 8 heteroatoms. The number of carbonyl (C=O) groups excluding carboxylic acids is 1. The molecule has 1 atom stereocenters. The summed E-state index contributed by atoms with van der Waals surface area (Å²) in [4.78, 5) is 24.9. The average Bonchev–Trinajstić information content (AvgIpc) is 2.50. The van der Waals surface area contributed by atoms with Crippen LogP contribution in [0.1, 0.15) is 38.3 Å². The minimum atomic E-state index is -0.830. The molecule has 1 aliphatic rings. The third-order valence-corrected chi connectivity index (χ3v) is 5.06. The number of nitrogens with zero attached hydrogens (tertiary/aromatic N) is 1. The van der Waals surface area contributed by atoms with Crippen molar-refractivity contribution >= 4 is 35.2 Å². The van der Waals surface area contributed by atoms with Gasteiger partial charge in [0.1, 0.15) is 0 Å². The molecular formula is C17H23Cl2N3O3. The number of benzene rings is 1. The van der Waals surface area contributed by atoms with Gasteiger partial charge < -0.3 is 15.7 Å². The van der Waals surface area contributed by atoms with E-state index in [-0.39, 0.29) is 30.7 Å². The quantitative estimate of drug-likeness (QED) is 0.670. The van der Waals surface area contributed by atoms with Crippen molar-refractivity contribution in [2.45, 2.75) is 44.8 Å². The number of likely N-dealkylation sites (N-methyl/N-ethyl adjacent to an activating group) is 1. The van der Waals surface area contributed by atoms with Crippen molar-refractivity contribution in [1.82, 2.24) is 15.5 Å². The number of nitrogens with one attached hydrogen (secondary N) is 2. The van der Waals surface area contributed by atoms with Gasteiger partial charge >= 0.3 is 12.0 Å². The van der Waals surface area contributed by atoms with Crippen molar-refractivity contribution in [2.75, 3.05) is 13.1 Å². The highest BCUT2D eigenvalue weighted by Crippen LogP contribution is 2.27. The summed E-state index contributed by atoms with van der Waals surface area (Å²) < 4.78 is 0. The third-order valence-electron chi connectivity index (χ3n) is 4.48. The second-order valence-corrected chi connectivity index (χ2v) is 7.13. The van der Waals surface area contributed by atoms with Gasteiger partial charge in [-0.05, 0) is 50.1 Å². The summed E-state index contributed by atoms with van der Waals surface area (Å²) in [6.07, 6.45) is 1.50. The molecule has 0 bridgehead atoms. The molecule has 6 nitrogen and oxygen atoms in total. The Morgan fingerprint density at radius 1 is 1.36 bits per heavy atom. The van der Waals surface area contributed by atoms with Gasteiger partial charge in [0, 0.05) is 22.1 Å². The van der Waals surface area contributed by atoms with E-state index >= 15 is 0 Å². The lowest BCUT2D eigenvalue weighted by atomic mass is 9.85. The fraction of sp³-hybridized carbons (Fsp3) is 0.529. The number of halogens is 2. The van der Waals surface area contributed by atoms with E-state index in [1.54, 1.807) is 18.2 Å². The topological polar surface area (TPSA) is 81.7 Å². The summed E-state index contributed by atoms with van der Waals surface area (Å²) in [7, 11) is 0. The number of hydrogen-bond donors (Lipinski definition) is 3. The van der Waals surface area contributed by atoms with Gasteiger partial charge in [-0.2, -0.15) is 0 Å². The van der Waals surface area contributed by atoms with E-state index < -0.39 is 5.97 Å². The van der Waals surface area contributed by atoms with E-state index in [1.807, 2.05) is 18.7 Å². The monoisotopic (exact) mass is 387 g/mol. The first-order valence-electron chi connectivity index (χ1n) is 8.28. The molecule has 0 spiro atoms. The van der Waals surface area contributed by atoms with Gasteiger partial charge in [-0.1, -0.05) is 30.1 Å². The number of aliphatic carboxylic acids is 1. The van der Waals surface area contributed by atoms with Crippen LogP contribution in [-0.4, -0.2) is 47.2 Å². The fourth-order valence-corrected chi connectivity index (χ4v) is 3.49. The molecule has 0 aromatic heterocycles. The van der Waals surface area contributed by atoms with Gasteiger partial charge in [-0.15, -0.1) is 0 Å².